The summed E-state index contributed by atoms with van der Waals surface area (Å²) in [5.74, 6) is -0.294. The summed E-state index contributed by atoms with van der Waals surface area (Å²) in [7, 11) is 0. The molecule has 0 bridgehead atoms. The van der Waals surface area contributed by atoms with E-state index in [-0.39, 0.29) is 5.91 Å². The number of aryl methyl sites for hydroxylation is 2. The van der Waals surface area contributed by atoms with E-state index in [4.69, 9.17) is 0 Å². The van der Waals surface area contributed by atoms with Gasteiger partial charge in [0.25, 0.3) is 5.91 Å². The first-order valence-electron chi connectivity index (χ1n) is 7.34. The molecule has 0 aliphatic heterocycles. The second kappa shape index (κ2) is 7.41. The van der Waals surface area contributed by atoms with Crippen molar-refractivity contribution in [1.82, 2.24) is 9.97 Å². The molecule has 0 atom stereocenters. The quantitative estimate of drug-likeness (QED) is 0.641. The molecule has 7 nitrogen and oxygen atoms in total. The minimum absolute atomic E-state index is 0.294. The summed E-state index contributed by atoms with van der Waals surface area (Å²) in [5.41, 5.74) is 2.33. The van der Waals surface area contributed by atoms with Gasteiger partial charge in [0, 0.05) is 17.3 Å². The van der Waals surface area contributed by atoms with Crippen molar-refractivity contribution in [3.05, 3.63) is 52.0 Å². The summed E-state index contributed by atoms with van der Waals surface area (Å²) in [6.45, 7) is 3.69. The fourth-order valence-electron chi connectivity index (χ4n) is 2.00. The molecule has 0 saturated heterocycles. The highest BCUT2D eigenvalue weighted by molar-refractivity contribution is 7.18. The number of benzene rings is 1. The van der Waals surface area contributed by atoms with Gasteiger partial charge in [-0.1, -0.05) is 29.0 Å². The molecule has 0 saturated carbocycles. The lowest BCUT2D eigenvalue weighted by Gasteiger charge is -2.05. The third kappa shape index (κ3) is 4.40. The Hall–Kier alpha value is -2.78. The number of rotatable bonds is 4. The molecule has 0 radical (unpaired) electrons. The average Bonchev–Trinajstić information content (AvgIpc) is 3.19. The fraction of sp³-hybridized carbons (Fsp3) is 0.125. The number of nitrogens with zero attached hydrogens (tertiary/aromatic N) is 2. The van der Waals surface area contributed by atoms with Crippen molar-refractivity contribution in [3.63, 3.8) is 0 Å². The third-order valence-corrected chi connectivity index (χ3v) is 4.95. The highest BCUT2D eigenvalue weighted by Crippen LogP contribution is 2.24. The molecule has 9 heteroatoms. The molecular formula is C16H15N5O2S2. The molecule has 0 aliphatic rings. The van der Waals surface area contributed by atoms with Crippen LogP contribution in [0.5, 0.6) is 0 Å². The minimum Gasteiger partial charge on any atom is -0.308 e. The van der Waals surface area contributed by atoms with Crippen molar-refractivity contribution in [2.75, 3.05) is 16.0 Å². The Kier molecular flexibility index (Phi) is 5.05. The molecule has 128 valence electrons. The molecule has 3 amide bonds. The number of nitrogens with one attached hydrogen (secondary N) is 3. The lowest BCUT2D eigenvalue weighted by molar-refractivity contribution is 0.102. The molecule has 2 aromatic heterocycles. The molecule has 3 rings (SSSR count). The smallest absolute Gasteiger partial charge is 0.308 e. The number of aromatic nitrogens is 2. The number of amides is 3. The largest absolute Gasteiger partial charge is 0.325 e. The normalized spacial score (nSPS) is 10.3. The van der Waals surface area contributed by atoms with E-state index in [9.17, 15) is 9.59 Å². The van der Waals surface area contributed by atoms with Gasteiger partial charge in [0.1, 0.15) is 4.88 Å². The third-order valence-electron chi connectivity index (χ3n) is 3.19. The van der Waals surface area contributed by atoms with Crippen molar-refractivity contribution in [3.8, 4) is 0 Å². The Morgan fingerprint density at radius 1 is 1.00 bits per heavy atom. The first-order valence-corrected chi connectivity index (χ1v) is 9.04. The monoisotopic (exact) mass is 373 g/mol. The van der Waals surface area contributed by atoms with Gasteiger partial charge in [-0.2, -0.15) is 0 Å². The lowest BCUT2D eigenvalue weighted by Crippen LogP contribution is -2.19. The van der Waals surface area contributed by atoms with Crippen molar-refractivity contribution < 1.29 is 9.59 Å². The molecule has 3 N–H and O–H groups in total. The van der Waals surface area contributed by atoms with Crippen molar-refractivity contribution in [2.24, 2.45) is 0 Å². The van der Waals surface area contributed by atoms with Gasteiger partial charge in [-0.15, -0.1) is 11.3 Å². The number of thiazole rings is 2. The lowest BCUT2D eigenvalue weighted by atomic mass is 10.2. The van der Waals surface area contributed by atoms with Gasteiger partial charge < -0.3 is 5.32 Å². The van der Waals surface area contributed by atoms with E-state index in [1.807, 2.05) is 31.2 Å². The molecule has 0 fully saturated rings. The van der Waals surface area contributed by atoms with Gasteiger partial charge in [-0.25, -0.2) is 14.8 Å². The molecule has 0 unspecified atom stereocenters. The Labute approximate surface area is 152 Å². The van der Waals surface area contributed by atoms with Gasteiger partial charge in [-0.05, 0) is 26.0 Å². The molecule has 3 aromatic rings. The van der Waals surface area contributed by atoms with Crippen LogP contribution < -0.4 is 16.0 Å². The summed E-state index contributed by atoms with van der Waals surface area (Å²) in [6.07, 6.45) is 1.61. The van der Waals surface area contributed by atoms with Gasteiger partial charge in [0.05, 0.1) is 5.69 Å². The predicted molar refractivity (Wildman–Crippen MR) is 101 cm³/mol. The molecular weight excluding hydrogens is 358 g/mol. The van der Waals surface area contributed by atoms with E-state index in [0.29, 0.717) is 26.5 Å². The van der Waals surface area contributed by atoms with Crippen LogP contribution in [0.15, 0.2) is 35.8 Å². The molecule has 25 heavy (non-hydrogen) atoms. The van der Waals surface area contributed by atoms with Crippen LogP contribution in [0.2, 0.25) is 0 Å². The number of urea groups is 1. The van der Waals surface area contributed by atoms with Gasteiger partial charge >= 0.3 is 6.03 Å². The maximum Gasteiger partial charge on any atom is 0.325 e. The van der Waals surface area contributed by atoms with E-state index >= 15 is 0 Å². The van der Waals surface area contributed by atoms with Crippen molar-refractivity contribution in [1.29, 1.82) is 0 Å². The van der Waals surface area contributed by atoms with Crippen LogP contribution in [-0.4, -0.2) is 21.9 Å². The van der Waals surface area contributed by atoms with Gasteiger partial charge in [0.2, 0.25) is 0 Å². The maximum atomic E-state index is 12.3. The zero-order valence-electron chi connectivity index (χ0n) is 13.5. The summed E-state index contributed by atoms with van der Waals surface area (Å²) >= 11 is 2.45. The standard InChI is InChI=1S/C16H15N5O2S2/c1-9-3-5-11(6-4-9)19-14(23)21-16-18-10(2)12(25-16)13(22)20-15-17-7-8-24-15/h3-8H,1-2H3,(H,17,20,22)(H2,18,19,21,23). The van der Waals surface area contributed by atoms with E-state index in [1.54, 1.807) is 18.5 Å². The first kappa shape index (κ1) is 17.1. The predicted octanol–water partition coefficient (Wildman–Crippen LogP) is 4.11. The second-order valence-corrected chi connectivity index (χ2v) is 7.06. The van der Waals surface area contributed by atoms with Crippen LogP contribution in [0, 0.1) is 13.8 Å². The first-order chi connectivity index (χ1) is 12.0. The zero-order chi connectivity index (χ0) is 17.8. The molecule has 0 spiro atoms. The molecule has 2 heterocycles. The van der Waals surface area contributed by atoms with E-state index in [2.05, 4.69) is 25.9 Å². The highest BCUT2D eigenvalue weighted by Gasteiger charge is 2.17. The summed E-state index contributed by atoms with van der Waals surface area (Å²) in [4.78, 5) is 33.0. The van der Waals surface area contributed by atoms with Crippen molar-refractivity contribution in [2.45, 2.75) is 13.8 Å². The topological polar surface area (TPSA) is 96.0 Å². The van der Waals surface area contributed by atoms with Crippen LogP contribution >= 0.6 is 22.7 Å². The average molecular weight is 373 g/mol. The number of carbonyl (C=O) groups excluding carboxylic acids is 2. The van der Waals surface area contributed by atoms with Crippen LogP contribution in [0.25, 0.3) is 0 Å². The molecule has 1 aromatic carbocycles. The Bertz CT molecular complexity index is 888. The Balaban J connectivity index is 1.64. The minimum atomic E-state index is -0.413. The Morgan fingerprint density at radius 3 is 2.44 bits per heavy atom. The number of hydrogen-bond donors (Lipinski definition) is 3. The Morgan fingerprint density at radius 2 is 1.76 bits per heavy atom. The summed E-state index contributed by atoms with van der Waals surface area (Å²) in [5, 5.41) is 10.7. The molecule has 0 aliphatic carbocycles. The SMILES string of the molecule is Cc1ccc(NC(=O)Nc2nc(C)c(C(=O)Nc3nccs3)s2)cc1. The summed E-state index contributed by atoms with van der Waals surface area (Å²) < 4.78 is 0. The fourth-order valence-corrected chi connectivity index (χ4v) is 3.38. The van der Waals surface area contributed by atoms with Crippen LogP contribution in [0.3, 0.4) is 0 Å². The second-order valence-electron chi connectivity index (χ2n) is 5.17. The maximum absolute atomic E-state index is 12.3. The van der Waals surface area contributed by atoms with E-state index in [1.165, 1.54) is 11.3 Å². The zero-order valence-corrected chi connectivity index (χ0v) is 15.1. The highest BCUT2D eigenvalue weighted by atomic mass is 32.1. The van der Waals surface area contributed by atoms with Gasteiger partial charge in [0.15, 0.2) is 10.3 Å². The summed E-state index contributed by atoms with van der Waals surface area (Å²) in [6, 6.07) is 7.03. The van der Waals surface area contributed by atoms with Crippen LogP contribution in [-0.2, 0) is 0 Å². The van der Waals surface area contributed by atoms with E-state index in [0.717, 1.165) is 16.9 Å². The van der Waals surface area contributed by atoms with Crippen LogP contribution in [0.4, 0.5) is 20.7 Å². The van der Waals surface area contributed by atoms with Gasteiger partial charge in [-0.3, -0.25) is 15.4 Å². The van der Waals surface area contributed by atoms with Crippen molar-refractivity contribution >= 4 is 50.6 Å². The number of anilines is 3. The van der Waals surface area contributed by atoms with E-state index < -0.39 is 6.03 Å². The number of carbonyl (C=O) groups is 2. The number of hydrogen-bond acceptors (Lipinski definition) is 6. The van der Waals surface area contributed by atoms with Crippen LogP contribution in [0.1, 0.15) is 20.9 Å².